The average Bonchev–Trinajstić information content (AvgIpc) is 2.96. The number of likely N-dealkylation sites (tertiary alicyclic amines) is 1. The van der Waals surface area contributed by atoms with E-state index < -0.39 is 0 Å². The number of aliphatic hydroxyl groups is 1. The summed E-state index contributed by atoms with van der Waals surface area (Å²) in [5, 5.41) is 16.0. The Balaban J connectivity index is 1.64. The van der Waals surface area contributed by atoms with Gasteiger partial charge in [-0.15, -0.1) is 0 Å². The van der Waals surface area contributed by atoms with E-state index in [9.17, 15) is 9.90 Å². The lowest BCUT2D eigenvalue weighted by Crippen LogP contribution is -2.43. The summed E-state index contributed by atoms with van der Waals surface area (Å²) in [6, 6.07) is 0.126. The van der Waals surface area contributed by atoms with E-state index in [1.54, 1.807) is 14.0 Å². The summed E-state index contributed by atoms with van der Waals surface area (Å²) in [5.41, 5.74) is 0. The first-order valence-electron chi connectivity index (χ1n) is 8.23. The third-order valence-corrected chi connectivity index (χ3v) is 4.15. The summed E-state index contributed by atoms with van der Waals surface area (Å²) in [5.74, 6) is 0.994. The predicted octanol–water partition coefficient (Wildman–Crippen LogP) is 0.756. The maximum Gasteiger partial charge on any atom is 0.317 e. The van der Waals surface area contributed by atoms with E-state index in [4.69, 9.17) is 4.52 Å². The van der Waals surface area contributed by atoms with Gasteiger partial charge in [-0.2, -0.15) is 4.98 Å². The zero-order chi connectivity index (χ0) is 16.7. The third kappa shape index (κ3) is 5.47. The highest BCUT2D eigenvalue weighted by molar-refractivity contribution is 5.73. The Labute approximate surface area is 136 Å². The Hall–Kier alpha value is -1.67. The molecule has 2 rings (SSSR count). The van der Waals surface area contributed by atoms with Gasteiger partial charge in [0.2, 0.25) is 5.89 Å². The smallest absolute Gasteiger partial charge is 0.317 e. The Bertz CT molecular complexity index is 493. The molecular weight excluding hydrogens is 298 g/mol. The number of urea groups is 1. The van der Waals surface area contributed by atoms with Gasteiger partial charge < -0.3 is 19.8 Å². The Morgan fingerprint density at radius 2 is 2.35 bits per heavy atom. The number of carbonyl (C=O) groups excluding carboxylic acids is 1. The molecule has 0 radical (unpaired) electrons. The maximum atomic E-state index is 12.0. The number of nitrogens with one attached hydrogen (secondary N) is 1. The summed E-state index contributed by atoms with van der Waals surface area (Å²) >= 11 is 0. The number of hydrogen-bond donors (Lipinski definition) is 2. The summed E-state index contributed by atoms with van der Waals surface area (Å²) < 4.78 is 5.00. The van der Waals surface area contributed by atoms with Crippen molar-refractivity contribution in [3.05, 3.63) is 11.7 Å². The molecule has 1 aliphatic heterocycles. The Morgan fingerprint density at radius 3 is 3.04 bits per heavy atom. The molecule has 1 saturated heterocycles. The first-order chi connectivity index (χ1) is 11.1. The molecule has 1 aliphatic rings. The third-order valence-electron chi connectivity index (χ3n) is 4.15. The molecule has 1 aromatic rings. The van der Waals surface area contributed by atoms with Crippen LogP contribution in [0.4, 0.5) is 4.79 Å². The normalized spacial score (nSPS) is 18.8. The van der Waals surface area contributed by atoms with Gasteiger partial charge in [0, 0.05) is 26.2 Å². The van der Waals surface area contributed by atoms with E-state index >= 15 is 0 Å². The van der Waals surface area contributed by atoms with Crippen LogP contribution in [0.1, 0.15) is 37.4 Å². The van der Waals surface area contributed by atoms with Gasteiger partial charge in [0.15, 0.2) is 5.82 Å². The summed E-state index contributed by atoms with van der Waals surface area (Å²) in [6.45, 7) is 4.81. The lowest BCUT2D eigenvalue weighted by atomic mass is 10.0. The van der Waals surface area contributed by atoms with Crippen LogP contribution in [0.25, 0.3) is 0 Å². The molecule has 1 aromatic heterocycles. The number of hydrogen-bond acceptors (Lipinski definition) is 6. The van der Waals surface area contributed by atoms with Crippen molar-refractivity contribution in [2.24, 2.45) is 0 Å². The summed E-state index contributed by atoms with van der Waals surface area (Å²) in [4.78, 5) is 19.9. The first-order valence-corrected chi connectivity index (χ1v) is 8.23. The van der Waals surface area contributed by atoms with Crippen LogP contribution >= 0.6 is 0 Å². The van der Waals surface area contributed by atoms with Crippen LogP contribution in [0.3, 0.4) is 0 Å². The molecule has 0 aliphatic carbocycles. The fourth-order valence-electron chi connectivity index (χ4n) is 2.85. The molecule has 0 spiro atoms. The second-order valence-corrected chi connectivity index (χ2v) is 6.05. The molecule has 0 unspecified atom stereocenters. The molecule has 0 aromatic carbocycles. The number of rotatable bonds is 7. The van der Waals surface area contributed by atoms with Gasteiger partial charge in [-0.1, -0.05) is 11.6 Å². The number of piperidine rings is 1. The molecule has 2 N–H and O–H groups in total. The van der Waals surface area contributed by atoms with Gasteiger partial charge in [0.25, 0.3) is 0 Å². The molecule has 8 nitrogen and oxygen atoms in total. The molecular formula is C15H27N5O3. The number of aromatic nitrogens is 2. The van der Waals surface area contributed by atoms with Crippen molar-refractivity contribution in [1.29, 1.82) is 0 Å². The zero-order valence-corrected chi connectivity index (χ0v) is 14.0. The highest BCUT2D eigenvalue weighted by Gasteiger charge is 2.21. The van der Waals surface area contributed by atoms with Gasteiger partial charge in [-0.05, 0) is 32.7 Å². The number of carbonyl (C=O) groups is 1. The minimum absolute atomic E-state index is 0.154. The minimum atomic E-state index is -0.154. The van der Waals surface area contributed by atoms with Gasteiger partial charge in [0.05, 0.1) is 6.61 Å². The molecule has 0 bridgehead atoms. The quantitative estimate of drug-likeness (QED) is 0.719. The van der Waals surface area contributed by atoms with Crippen molar-refractivity contribution in [3.63, 3.8) is 0 Å². The van der Waals surface area contributed by atoms with Gasteiger partial charge >= 0.3 is 6.03 Å². The highest BCUT2D eigenvalue weighted by atomic mass is 16.5. The van der Waals surface area contributed by atoms with Crippen molar-refractivity contribution >= 4 is 6.03 Å². The fraction of sp³-hybridized carbons (Fsp3) is 0.800. The van der Waals surface area contributed by atoms with Crippen LogP contribution < -0.4 is 5.32 Å². The second-order valence-electron chi connectivity index (χ2n) is 6.05. The van der Waals surface area contributed by atoms with E-state index in [0.717, 1.165) is 25.9 Å². The lowest BCUT2D eigenvalue weighted by Gasteiger charge is -2.34. The van der Waals surface area contributed by atoms with E-state index in [1.807, 2.05) is 0 Å². The van der Waals surface area contributed by atoms with Crippen LogP contribution in [0.15, 0.2) is 4.52 Å². The first kappa shape index (κ1) is 17.7. The van der Waals surface area contributed by atoms with Crippen molar-refractivity contribution in [2.75, 3.05) is 33.3 Å². The minimum Gasteiger partial charge on any atom is -0.395 e. The summed E-state index contributed by atoms with van der Waals surface area (Å²) in [6.07, 6.45) is 4.32. The zero-order valence-electron chi connectivity index (χ0n) is 14.0. The Morgan fingerprint density at radius 1 is 1.52 bits per heavy atom. The number of aryl methyl sites for hydroxylation is 1. The molecule has 8 heteroatoms. The van der Waals surface area contributed by atoms with Crippen molar-refractivity contribution in [2.45, 2.75) is 45.2 Å². The van der Waals surface area contributed by atoms with Gasteiger partial charge in [-0.25, -0.2) is 4.79 Å². The number of aliphatic hydroxyl groups excluding tert-OH is 1. The van der Waals surface area contributed by atoms with Crippen LogP contribution in [-0.2, 0) is 6.54 Å². The standard InChI is InChI=1S/C15H27N5O3/c1-12-17-14(23-18-12)10-19(2)15(22)16-7-5-9-20-8-4-3-6-13(20)11-21/h13,21H,3-11H2,1-2H3,(H,16,22)/t13-/m1/s1. The summed E-state index contributed by atoms with van der Waals surface area (Å²) in [7, 11) is 1.70. The van der Waals surface area contributed by atoms with Crippen molar-refractivity contribution in [1.82, 2.24) is 25.3 Å². The maximum absolute atomic E-state index is 12.0. The second kappa shape index (κ2) is 8.83. The monoisotopic (exact) mass is 325 g/mol. The molecule has 23 heavy (non-hydrogen) atoms. The lowest BCUT2D eigenvalue weighted by molar-refractivity contribution is 0.0892. The molecule has 130 valence electrons. The van der Waals surface area contributed by atoms with Crippen LogP contribution in [0.5, 0.6) is 0 Å². The van der Waals surface area contributed by atoms with Crippen LogP contribution in [-0.4, -0.2) is 70.4 Å². The molecule has 1 atom stereocenters. The topological polar surface area (TPSA) is 94.7 Å². The van der Waals surface area contributed by atoms with E-state index in [-0.39, 0.29) is 18.7 Å². The highest BCUT2D eigenvalue weighted by Crippen LogP contribution is 2.16. The van der Waals surface area contributed by atoms with Crippen molar-refractivity contribution in [3.8, 4) is 0 Å². The van der Waals surface area contributed by atoms with Crippen molar-refractivity contribution < 1.29 is 14.4 Å². The van der Waals surface area contributed by atoms with Crippen LogP contribution in [0.2, 0.25) is 0 Å². The van der Waals surface area contributed by atoms with Gasteiger partial charge in [-0.3, -0.25) is 4.90 Å². The molecule has 0 saturated carbocycles. The number of amides is 2. The van der Waals surface area contributed by atoms with Crippen LogP contribution in [0, 0.1) is 6.92 Å². The molecule has 2 heterocycles. The van der Waals surface area contributed by atoms with E-state index in [2.05, 4.69) is 20.4 Å². The van der Waals surface area contributed by atoms with Gasteiger partial charge in [0.1, 0.15) is 6.54 Å². The SMILES string of the molecule is Cc1noc(CN(C)C(=O)NCCCN2CCCC[C@@H]2CO)n1. The average molecular weight is 325 g/mol. The van der Waals surface area contributed by atoms with E-state index in [1.165, 1.54) is 17.7 Å². The largest absolute Gasteiger partial charge is 0.395 e. The predicted molar refractivity (Wildman–Crippen MR) is 84.8 cm³/mol. The number of nitrogens with zero attached hydrogens (tertiary/aromatic N) is 4. The Kier molecular flexibility index (Phi) is 6.79. The molecule has 2 amide bonds. The fourth-order valence-corrected chi connectivity index (χ4v) is 2.85. The van der Waals surface area contributed by atoms with E-state index in [0.29, 0.717) is 24.8 Å². The molecule has 1 fully saturated rings.